The van der Waals surface area contributed by atoms with Crippen LogP contribution in [0.1, 0.15) is 25.1 Å². The number of nitriles is 1. The molecule has 2 heterocycles. The summed E-state index contributed by atoms with van der Waals surface area (Å²) in [4.78, 5) is 10.9. The van der Waals surface area contributed by atoms with Crippen molar-refractivity contribution in [2.45, 2.75) is 20.8 Å². The van der Waals surface area contributed by atoms with Gasteiger partial charge < -0.3 is 4.98 Å². The minimum absolute atomic E-state index is 0.600. The SMILES string of the molecule is CC.Cc1ncnc2[nH]cc(C#N)c12. The first-order valence-corrected chi connectivity index (χ1v) is 4.51. The summed E-state index contributed by atoms with van der Waals surface area (Å²) in [7, 11) is 0. The molecule has 0 bridgehead atoms. The number of H-pyrrole nitrogens is 1. The summed E-state index contributed by atoms with van der Waals surface area (Å²) in [5.41, 5.74) is 2.15. The molecule has 14 heavy (non-hydrogen) atoms. The number of aromatic nitrogens is 3. The van der Waals surface area contributed by atoms with E-state index >= 15 is 0 Å². The van der Waals surface area contributed by atoms with E-state index in [2.05, 4.69) is 21.0 Å². The quantitative estimate of drug-likeness (QED) is 0.689. The van der Waals surface area contributed by atoms with Crippen molar-refractivity contribution >= 4 is 11.0 Å². The van der Waals surface area contributed by atoms with Crippen molar-refractivity contribution < 1.29 is 0 Å². The van der Waals surface area contributed by atoms with E-state index in [1.165, 1.54) is 6.33 Å². The smallest absolute Gasteiger partial charge is 0.142 e. The van der Waals surface area contributed by atoms with Crippen LogP contribution < -0.4 is 0 Å². The van der Waals surface area contributed by atoms with Gasteiger partial charge in [0.05, 0.1) is 16.6 Å². The van der Waals surface area contributed by atoms with Gasteiger partial charge in [0.2, 0.25) is 0 Å². The summed E-state index contributed by atoms with van der Waals surface area (Å²) >= 11 is 0. The molecule has 2 rings (SSSR count). The van der Waals surface area contributed by atoms with Gasteiger partial charge in [-0.25, -0.2) is 9.97 Å². The average Bonchev–Trinajstić information content (AvgIpc) is 2.65. The topological polar surface area (TPSA) is 65.4 Å². The number of nitrogens with one attached hydrogen (secondary N) is 1. The first-order valence-electron chi connectivity index (χ1n) is 4.51. The number of aromatic amines is 1. The van der Waals surface area contributed by atoms with Crippen molar-refractivity contribution in [1.82, 2.24) is 15.0 Å². The summed E-state index contributed by atoms with van der Waals surface area (Å²) in [5.74, 6) is 0. The molecule has 0 radical (unpaired) electrons. The van der Waals surface area contributed by atoms with Crippen LogP contribution in [0.5, 0.6) is 0 Å². The number of hydrogen-bond donors (Lipinski definition) is 1. The molecule has 2 aromatic rings. The maximum absolute atomic E-state index is 8.72. The lowest BCUT2D eigenvalue weighted by atomic mass is 10.2. The molecule has 1 N–H and O–H groups in total. The Labute approximate surface area is 82.6 Å². The third-order valence-corrected chi connectivity index (χ3v) is 1.78. The van der Waals surface area contributed by atoms with Crippen LogP contribution in [0.4, 0.5) is 0 Å². The monoisotopic (exact) mass is 188 g/mol. The highest BCUT2D eigenvalue weighted by Crippen LogP contribution is 2.16. The summed E-state index contributed by atoms with van der Waals surface area (Å²) in [5, 5.41) is 9.54. The molecule has 0 amide bonds. The van der Waals surface area contributed by atoms with Crippen LogP contribution in [0, 0.1) is 18.3 Å². The van der Waals surface area contributed by atoms with E-state index in [4.69, 9.17) is 5.26 Å². The highest BCUT2D eigenvalue weighted by Gasteiger charge is 2.06. The molecular formula is C10H12N4. The first kappa shape index (κ1) is 10.2. The fourth-order valence-corrected chi connectivity index (χ4v) is 1.21. The van der Waals surface area contributed by atoms with Gasteiger partial charge in [-0.1, -0.05) is 13.8 Å². The van der Waals surface area contributed by atoms with Gasteiger partial charge in [0.25, 0.3) is 0 Å². The van der Waals surface area contributed by atoms with Crippen LogP contribution in [0.25, 0.3) is 11.0 Å². The minimum Gasteiger partial charge on any atom is -0.345 e. The zero-order chi connectivity index (χ0) is 10.6. The number of fused-ring (bicyclic) bond motifs is 1. The van der Waals surface area contributed by atoms with E-state index in [1.807, 2.05) is 20.8 Å². The van der Waals surface area contributed by atoms with E-state index in [9.17, 15) is 0 Å². The second-order valence-electron chi connectivity index (χ2n) is 2.50. The van der Waals surface area contributed by atoms with Crippen molar-refractivity contribution in [2.24, 2.45) is 0 Å². The second-order valence-corrected chi connectivity index (χ2v) is 2.50. The first-order chi connectivity index (χ1) is 6.83. The predicted molar refractivity (Wildman–Crippen MR) is 54.7 cm³/mol. The van der Waals surface area contributed by atoms with E-state index in [-0.39, 0.29) is 0 Å². The number of hydrogen-bond acceptors (Lipinski definition) is 3. The Balaban J connectivity index is 0.000000461. The zero-order valence-corrected chi connectivity index (χ0v) is 8.50. The predicted octanol–water partition coefficient (Wildman–Crippen LogP) is 2.16. The minimum atomic E-state index is 0.600. The third-order valence-electron chi connectivity index (χ3n) is 1.78. The molecular weight excluding hydrogens is 176 g/mol. The van der Waals surface area contributed by atoms with Crippen LogP contribution in [0.15, 0.2) is 12.5 Å². The molecule has 72 valence electrons. The maximum Gasteiger partial charge on any atom is 0.142 e. The molecule has 0 aromatic carbocycles. The molecule has 0 unspecified atom stereocenters. The summed E-state index contributed by atoms with van der Waals surface area (Å²) in [6.07, 6.45) is 3.13. The van der Waals surface area contributed by atoms with Gasteiger partial charge in [-0.3, -0.25) is 0 Å². The fraction of sp³-hybridized carbons (Fsp3) is 0.300. The molecule has 0 fully saturated rings. The van der Waals surface area contributed by atoms with Crippen LogP contribution >= 0.6 is 0 Å². The van der Waals surface area contributed by atoms with Crippen molar-refractivity contribution in [3.05, 3.63) is 23.8 Å². The van der Waals surface area contributed by atoms with Gasteiger partial charge >= 0.3 is 0 Å². The Hall–Kier alpha value is -1.89. The Morgan fingerprint density at radius 3 is 2.71 bits per heavy atom. The van der Waals surface area contributed by atoms with Gasteiger partial charge in [-0.15, -0.1) is 0 Å². The van der Waals surface area contributed by atoms with Crippen molar-refractivity contribution in [2.75, 3.05) is 0 Å². The second kappa shape index (κ2) is 4.38. The van der Waals surface area contributed by atoms with Gasteiger partial charge in [0, 0.05) is 6.20 Å². The van der Waals surface area contributed by atoms with Crippen LogP contribution in [-0.2, 0) is 0 Å². The van der Waals surface area contributed by atoms with Crippen LogP contribution in [0.2, 0.25) is 0 Å². The molecule has 0 aliphatic heterocycles. The van der Waals surface area contributed by atoms with E-state index < -0.39 is 0 Å². The van der Waals surface area contributed by atoms with Gasteiger partial charge in [0.15, 0.2) is 0 Å². The Kier molecular flexibility index (Phi) is 3.19. The lowest BCUT2D eigenvalue weighted by Crippen LogP contribution is -1.85. The van der Waals surface area contributed by atoms with Crippen molar-refractivity contribution in [3.63, 3.8) is 0 Å². The molecule has 4 heteroatoms. The average molecular weight is 188 g/mol. The largest absolute Gasteiger partial charge is 0.345 e. The van der Waals surface area contributed by atoms with Crippen molar-refractivity contribution in [3.8, 4) is 6.07 Å². The van der Waals surface area contributed by atoms with Gasteiger partial charge in [-0.05, 0) is 6.92 Å². The lowest BCUT2D eigenvalue weighted by Gasteiger charge is -1.92. The highest BCUT2D eigenvalue weighted by atomic mass is 14.9. The molecule has 0 saturated carbocycles. The maximum atomic E-state index is 8.72. The lowest BCUT2D eigenvalue weighted by molar-refractivity contribution is 1.14. The summed E-state index contributed by atoms with van der Waals surface area (Å²) in [6, 6.07) is 2.08. The highest BCUT2D eigenvalue weighted by molar-refractivity contribution is 5.84. The molecule has 0 atom stereocenters. The Morgan fingerprint density at radius 1 is 1.36 bits per heavy atom. The number of aryl methyl sites for hydroxylation is 1. The molecule has 0 aliphatic rings. The molecule has 4 nitrogen and oxygen atoms in total. The molecule has 0 spiro atoms. The van der Waals surface area contributed by atoms with E-state index in [1.54, 1.807) is 6.20 Å². The van der Waals surface area contributed by atoms with Gasteiger partial charge in [0.1, 0.15) is 18.0 Å². The zero-order valence-electron chi connectivity index (χ0n) is 8.50. The van der Waals surface area contributed by atoms with Crippen LogP contribution in [0.3, 0.4) is 0 Å². The van der Waals surface area contributed by atoms with Crippen LogP contribution in [-0.4, -0.2) is 15.0 Å². The third kappa shape index (κ3) is 1.57. The van der Waals surface area contributed by atoms with Crippen molar-refractivity contribution in [1.29, 1.82) is 5.26 Å². The number of nitrogens with zero attached hydrogens (tertiary/aromatic N) is 3. The fourth-order valence-electron chi connectivity index (χ4n) is 1.21. The van der Waals surface area contributed by atoms with E-state index in [0.717, 1.165) is 16.7 Å². The van der Waals surface area contributed by atoms with E-state index in [0.29, 0.717) is 5.56 Å². The molecule has 0 aliphatic carbocycles. The van der Waals surface area contributed by atoms with Gasteiger partial charge in [-0.2, -0.15) is 5.26 Å². The summed E-state index contributed by atoms with van der Waals surface area (Å²) < 4.78 is 0. The molecule has 2 aromatic heterocycles. The standard InChI is InChI=1S/C8H6N4.C2H6/c1-5-7-6(2-9)3-10-8(7)12-4-11-5;1-2/h3-4H,1H3,(H,10,11,12);1-2H3. The summed E-state index contributed by atoms with van der Waals surface area (Å²) in [6.45, 7) is 5.86. The molecule has 0 saturated heterocycles. The normalized spacial score (nSPS) is 9.00. The Morgan fingerprint density at radius 2 is 2.07 bits per heavy atom. The number of rotatable bonds is 0. The Bertz CT molecular complexity index is 464.